The van der Waals surface area contributed by atoms with Gasteiger partial charge in [-0.3, -0.25) is 14.8 Å². The van der Waals surface area contributed by atoms with E-state index in [2.05, 4.69) is 20.2 Å². The molecular formula is C27H23FN6O3. The van der Waals surface area contributed by atoms with Gasteiger partial charge in [-0.05, 0) is 48.1 Å². The third-order valence-corrected chi connectivity index (χ3v) is 7.42. The minimum atomic E-state index is -0.749. The molecule has 0 saturated carbocycles. The highest BCUT2D eigenvalue weighted by Crippen LogP contribution is 2.48. The molecule has 1 saturated heterocycles. The summed E-state index contributed by atoms with van der Waals surface area (Å²) in [6.07, 6.45) is 8.83. The molecule has 0 unspecified atom stereocenters. The molecular weight excluding hydrogens is 475 g/mol. The number of methoxy groups -OCH3 is 1. The van der Waals surface area contributed by atoms with Crippen molar-refractivity contribution >= 4 is 28.5 Å². The van der Waals surface area contributed by atoms with E-state index in [1.165, 1.54) is 19.2 Å². The lowest BCUT2D eigenvalue weighted by Gasteiger charge is -2.37. The van der Waals surface area contributed by atoms with Crippen molar-refractivity contribution in [1.82, 2.24) is 25.1 Å². The lowest BCUT2D eigenvalue weighted by Crippen LogP contribution is -2.50. The lowest BCUT2D eigenvalue weighted by molar-refractivity contribution is -0.124. The Hall–Kier alpha value is -4.47. The number of carbonyl (C=O) groups is 2. The zero-order valence-corrected chi connectivity index (χ0v) is 20.1. The van der Waals surface area contributed by atoms with Gasteiger partial charge in [0.05, 0.1) is 49.0 Å². The Morgan fingerprint density at radius 1 is 1.08 bits per heavy atom. The number of hydrogen-bond acceptors (Lipinski definition) is 7. The van der Waals surface area contributed by atoms with Crippen LogP contribution >= 0.6 is 0 Å². The number of piperidine rings is 1. The fourth-order valence-electron chi connectivity index (χ4n) is 5.59. The molecule has 0 bridgehead atoms. The van der Waals surface area contributed by atoms with Crippen molar-refractivity contribution in [3.63, 3.8) is 0 Å². The second-order valence-corrected chi connectivity index (χ2v) is 9.27. The average molecular weight is 499 g/mol. The smallest absolute Gasteiger partial charge is 0.409 e. The molecule has 1 spiro atoms. The van der Waals surface area contributed by atoms with Gasteiger partial charge < -0.3 is 14.5 Å². The van der Waals surface area contributed by atoms with E-state index in [0.717, 1.165) is 27.8 Å². The minimum absolute atomic E-state index is 0.0418. The number of hydrogen-bond donors (Lipinski definition) is 0. The zero-order valence-electron chi connectivity index (χ0n) is 20.1. The van der Waals surface area contributed by atoms with Crippen LogP contribution in [0.5, 0.6) is 0 Å². The maximum atomic E-state index is 14.1. The van der Waals surface area contributed by atoms with Gasteiger partial charge in [0.2, 0.25) is 5.91 Å². The summed E-state index contributed by atoms with van der Waals surface area (Å²) in [6, 6.07) is 8.28. The number of pyridine rings is 2. The van der Waals surface area contributed by atoms with Crippen molar-refractivity contribution in [2.24, 2.45) is 0 Å². The maximum absolute atomic E-state index is 14.1. The van der Waals surface area contributed by atoms with Gasteiger partial charge in [0, 0.05) is 42.0 Å². The summed E-state index contributed by atoms with van der Waals surface area (Å²) in [5, 5.41) is 9.36. The predicted octanol–water partition coefficient (Wildman–Crippen LogP) is 3.87. The van der Waals surface area contributed by atoms with Crippen LogP contribution in [0, 0.1) is 5.82 Å². The number of likely N-dealkylation sites (tertiary alicyclic amines) is 1. The van der Waals surface area contributed by atoms with E-state index >= 15 is 0 Å². The van der Waals surface area contributed by atoms with Crippen LogP contribution in [0.3, 0.4) is 0 Å². The molecule has 0 N–H and O–H groups in total. The van der Waals surface area contributed by atoms with Crippen LogP contribution in [0.2, 0.25) is 0 Å². The normalized spacial score (nSPS) is 16.3. The van der Waals surface area contributed by atoms with E-state index in [0.29, 0.717) is 37.0 Å². The van der Waals surface area contributed by atoms with Gasteiger partial charge in [0.25, 0.3) is 0 Å². The third kappa shape index (κ3) is 3.67. The topological polar surface area (TPSA) is 101 Å². The fraction of sp³-hybridized carbons (Fsp3) is 0.259. The highest BCUT2D eigenvalue weighted by Gasteiger charge is 2.52. The standard InChI is InChI=1S/C27H23FN6O3/c1-37-26(36)33-10-6-27(7-11-33)21-5-8-29-15-23(21)34(25(27)35)16-22-24(17-4-9-31-32-14-17)20-3-2-19(28)12-18(20)13-30-22/h2-5,8-9,12-15H,6-7,10-11,16H2,1H3. The average Bonchev–Trinajstić information content (AvgIpc) is 3.16. The molecule has 3 aromatic heterocycles. The summed E-state index contributed by atoms with van der Waals surface area (Å²) in [5.74, 6) is -0.393. The summed E-state index contributed by atoms with van der Waals surface area (Å²) >= 11 is 0. The largest absolute Gasteiger partial charge is 0.453 e. The Labute approximate surface area is 211 Å². The van der Waals surface area contributed by atoms with Gasteiger partial charge in [-0.1, -0.05) is 6.07 Å². The molecule has 186 valence electrons. The quantitative estimate of drug-likeness (QED) is 0.423. The van der Waals surface area contributed by atoms with Crippen LogP contribution in [-0.4, -0.2) is 57.3 Å². The van der Waals surface area contributed by atoms with Gasteiger partial charge in [0.1, 0.15) is 5.82 Å². The number of amides is 2. The Balaban J connectivity index is 1.42. The first-order valence-corrected chi connectivity index (χ1v) is 12.0. The van der Waals surface area contributed by atoms with Gasteiger partial charge in [0.15, 0.2) is 0 Å². The van der Waals surface area contributed by atoms with Crippen LogP contribution in [-0.2, 0) is 21.5 Å². The number of benzene rings is 1. The second-order valence-electron chi connectivity index (χ2n) is 9.27. The first-order chi connectivity index (χ1) is 18.0. The Bertz CT molecular complexity index is 1520. The molecule has 2 amide bonds. The van der Waals surface area contributed by atoms with Crippen molar-refractivity contribution in [2.75, 3.05) is 25.1 Å². The molecule has 1 fully saturated rings. The molecule has 0 atom stereocenters. The summed E-state index contributed by atoms with van der Waals surface area (Å²) in [4.78, 5) is 38.5. The predicted molar refractivity (Wildman–Crippen MR) is 133 cm³/mol. The van der Waals surface area contributed by atoms with E-state index in [1.54, 1.807) is 46.9 Å². The molecule has 5 heterocycles. The third-order valence-electron chi connectivity index (χ3n) is 7.42. The molecule has 0 aliphatic carbocycles. The van der Waals surface area contributed by atoms with E-state index in [9.17, 15) is 14.0 Å². The molecule has 10 heteroatoms. The molecule has 2 aliphatic rings. The minimum Gasteiger partial charge on any atom is -0.453 e. The van der Waals surface area contributed by atoms with Crippen molar-refractivity contribution in [1.29, 1.82) is 0 Å². The van der Waals surface area contributed by atoms with Crippen molar-refractivity contribution < 1.29 is 18.7 Å². The van der Waals surface area contributed by atoms with E-state index in [-0.39, 0.29) is 24.4 Å². The lowest BCUT2D eigenvalue weighted by atomic mass is 9.74. The first kappa shape index (κ1) is 23.0. The highest BCUT2D eigenvalue weighted by atomic mass is 19.1. The molecule has 2 aliphatic heterocycles. The van der Waals surface area contributed by atoms with Gasteiger partial charge in [-0.2, -0.15) is 10.2 Å². The van der Waals surface area contributed by atoms with Crippen LogP contribution in [0.1, 0.15) is 24.1 Å². The van der Waals surface area contributed by atoms with Crippen LogP contribution in [0.25, 0.3) is 21.9 Å². The molecule has 1 aromatic carbocycles. The maximum Gasteiger partial charge on any atom is 0.409 e. The van der Waals surface area contributed by atoms with Gasteiger partial charge in [-0.25, -0.2) is 9.18 Å². The number of halogens is 1. The number of nitrogens with zero attached hydrogens (tertiary/aromatic N) is 6. The van der Waals surface area contributed by atoms with Crippen molar-refractivity contribution in [3.05, 3.63) is 78.4 Å². The van der Waals surface area contributed by atoms with Gasteiger partial charge >= 0.3 is 6.09 Å². The first-order valence-electron chi connectivity index (χ1n) is 12.0. The summed E-state index contributed by atoms with van der Waals surface area (Å²) in [5.41, 5.74) is 3.09. The number of anilines is 1. The Kier molecular flexibility index (Phi) is 5.51. The van der Waals surface area contributed by atoms with Crippen molar-refractivity contribution in [3.8, 4) is 11.1 Å². The Morgan fingerprint density at radius 2 is 1.92 bits per heavy atom. The molecule has 9 nitrogen and oxygen atoms in total. The Morgan fingerprint density at radius 3 is 2.68 bits per heavy atom. The number of fused-ring (bicyclic) bond motifs is 3. The summed E-state index contributed by atoms with van der Waals surface area (Å²) in [7, 11) is 1.36. The second kappa shape index (κ2) is 8.88. The zero-order chi connectivity index (χ0) is 25.6. The van der Waals surface area contributed by atoms with Gasteiger partial charge in [-0.15, -0.1) is 0 Å². The fourth-order valence-corrected chi connectivity index (χ4v) is 5.59. The SMILES string of the molecule is COC(=O)N1CCC2(CC1)C(=O)N(Cc1ncc3cc(F)ccc3c1-c1ccnnc1)c1cnccc12. The summed E-state index contributed by atoms with van der Waals surface area (Å²) in [6.45, 7) is 1.04. The molecule has 4 aromatic rings. The summed E-state index contributed by atoms with van der Waals surface area (Å²) < 4.78 is 18.9. The van der Waals surface area contributed by atoms with Crippen LogP contribution in [0.15, 0.2) is 61.3 Å². The molecule has 0 radical (unpaired) electrons. The van der Waals surface area contributed by atoms with Crippen LogP contribution < -0.4 is 4.90 Å². The van der Waals surface area contributed by atoms with E-state index in [4.69, 9.17) is 4.74 Å². The number of ether oxygens (including phenoxy) is 1. The number of aromatic nitrogens is 4. The number of rotatable bonds is 3. The van der Waals surface area contributed by atoms with Crippen molar-refractivity contribution in [2.45, 2.75) is 24.8 Å². The molecule has 37 heavy (non-hydrogen) atoms. The molecule has 6 rings (SSSR count). The van der Waals surface area contributed by atoms with Crippen LogP contribution in [0.4, 0.5) is 14.9 Å². The van der Waals surface area contributed by atoms with E-state index < -0.39 is 5.41 Å². The highest BCUT2D eigenvalue weighted by molar-refractivity contribution is 6.08. The monoisotopic (exact) mass is 498 g/mol. The van der Waals surface area contributed by atoms with E-state index in [1.807, 2.05) is 12.1 Å². The number of carbonyl (C=O) groups excluding carboxylic acids is 2.